The van der Waals surface area contributed by atoms with Crippen molar-refractivity contribution in [1.82, 2.24) is 5.32 Å². The van der Waals surface area contributed by atoms with Crippen molar-refractivity contribution in [3.05, 3.63) is 70.8 Å². The van der Waals surface area contributed by atoms with E-state index in [9.17, 15) is 4.79 Å². The van der Waals surface area contributed by atoms with Gasteiger partial charge in [0.05, 0.1) is 6.42 Å². The molecule has 0 aliphatic heterocycles. The number of carbonyl (C=O) groups is 1. The third kappa shape index (κ3) is 4.95. The van der Waals surface area contributed by atoms with Crippen LogP contribution >= 0.6 is 0 Å². The molecule has 0 heterocycles. The van der Waals surface area contributed by atoms with Crippen molar-refractivity contribution in [3.63, 3.8) is 0 Å². The summed E-state index contributed by atoms with van der Waals surface area (Å²) in [5, 5.41) is 3.16. The Morgan fingerprint density at radius 1 is 1.08 bits per heavy atom. The van der Waals surface area contributed by atoms with Crippen LogP contribution in [0.5, 0.6) is 0 Å². The Kier molecular flexibility index (Phi) is 5.82. The van der Waals surface area contributed by atoms with Gasteiger partial charge in [0.1, 0.15) is 0 Å². The minimum Gasteiger partial charge on any atom is -0.353 e. The van der Waals surface area contributed by atoms with Gasteiger partial charge in [0.2, 0.25) is 5.91 Å². The second kappa shape index (κ2) is 7.65. The molecular weight excluding hydrogens is 294 g/mol. The summed E-state index contributed by atoms with van der Waals surface area (Å²) in [6.07, 6.45) is 1.36. The first-order valence-corrected chi connectivity index (χ1v) is 8.69. The molecule has 0 radical (unpaired) electrons. The van der Waals surface area contributed by atoms with Gasteiger partial charge in [-0.1, -0.05) is 67.9 Å². The van der Waals surface area contributed by atoms with Gasteiger partial charge in [0.25, 0.3) is 0 Å². The van der Waals surface area contributed by atoms with Gasteiger partial charge in [-0.2, -0.15) is 0 Å². The predicted octanol–water partition coefficient (Wildman–Crippen LogP) is 4.72. The first-order chi connectivity index (χ1) is 11.3. The molecule has 24 heavy (non-hydrogen) atoms. The molecule has 2 heteroatoms. The van der Waals surface area contributed by atoms with Crippen molar-refractivity contribution < 1.29 is 4.79 Å². The van der Waals surface area contributed by atoms with Gasteiger partial charge in [-0.05, 0) is 49.3 Å². The van der Waals surface area contributed by atoms with Crippen molar-refractivity contribution in [2.45, 2.75) is 58.9 Å². The smallest absolute Gasteiger partial charge is 0.224 e. The van der Waals surface area contributed by atoms with Crippen molar-refractivity contribution in [2.24, 2.45) is 0 Å². The van der Waals surface area contributed by atoms with Gasteiger partial charge in [0.15, 0.2) is 0 Å². The summed E-state index contributed by atoms with van der Waals surface area (Å²) in [5.41, 5.74) is 4.86. The molecule has 0 saturated heterocycles. The SMILES string of the molecule is Cc1ccc(CC(=O)NC(C)CC(C)(C)c2ccccc2)c(C)c1. The summed E-state index contributed by atoms with van der Waals surface area (Å²) >= 11 is 0. The number of nitrogens with one attached hydrogen (secondary N) is 1. The molecule has 2 nitrogen and oxygen atoms in total. The van der Waals surface area contributed by atoms with E-state index >= 15 is 0 Å². The molecular formula is C22H29NO. The molecule has 128 valence electrons. The average molecular weight is 323 g/mol. The lowest BCUT2D eigenvalue weighted by molar-refractivity contribution is -0.121. The first kappa shape index (κ1) is 18.3. The van der Waals surface area contributed by atoms with E-state index in [0.717, 1.165) is 12.0 Å². The van der Waals surface area contributed by atoms with E-state index in [0.29, 0.717) is 6.42 Å². The summed E-state index contributed by atoms with van der Waals surface area (Å²) in [7, 11) is 0. The second-order valence-electron chi connectivity index (χ2n) is 7.53. The van der Waals surface area contributed by atoms with Gasteiger partial charge in [0, 0.05) is 6.04 Å². The lowest BCUT2D eigenvalue weighted by atomic mass is 9.79. The molecule has 2 aromatic carbocycles. The number of hydrogen-bond donors (Lipinski definition) is 1. The molecule has 1 amide bonds. The summed E-state index contributed by atoms with van der Waals surface area (Å²) in [5.74, 6) is 0.0957. The Labute approximate surface area is 146 Å². The first-order valence-electron chi connectivity index (χ1n) is 8.69. The molecule has 0 spiro atoms. The van der Waals surface area contributed by atoms with Gasteiger partial charge in [-0.25, -0.2) is 0 Å². The minimum absolute atomic E-state index is 0.0354. The van der Waals surface area contributed by atoms with Crippen LogP contribution < -0.4 is 5.32 Å². The van der Waals surface area contributed by atoms with Crippen molar-refractivity contribution >= 4 is 5.91 Å². The third-order valence-corrected chi connectivity index (χ3v) is 4.63. The molecule has 0 saturated carbocycles. The number of hydrogen-bond acceptors (Lipinski definition) is 1. The molecule has 1 N–H and O–H groups in total. The van der Waals surface area contributed by atoms with E-state index in [1.807, 2.05) is 6.07 Å². The maximum Gasteiger partial charge on any atom is 0.224 e. The monoisotopic (exact) mass is 323 g/mol. The molecule has 1 atom stereocenters. The molecule has 0 aromatic heterocycles. The third-order valence-electron chi connectivity index (χ3n) is 4.63. The fourth-order valence-electron chi connectivity index (χ4n) is 3.37. The second-order valence-corrected chi connectivity index (χ2v) is 7.53. The van der Waals surface area contributed by atoms with Crippen LogP contribution in [0.2, 0.25) is 0 Å². The van der Waals surface area contributed by atoms with E-state index in [1.54, 1.807) is 0 Å². The maximum absolute atomic E-state index is 12.4. The summed E-state index contributed by atoms with van der Waals surface area (Å²) in [6.45, 7) is 10.7. The Morgan fingerprint density at radius 3 is 2.38 bits per heavy atom. The van der Waals surface area contributed by atoms with Crippen LogP contribution in [-0.2, 0) is 16.6 Å². The molecule has 1 unspecified atom stereocenters. The number of benzene rings is 2. The standard InChI is InChI=1S/C22H29NO/c1-16-11-12-19(17(2)13-16)14-21(24)23-18(3)15-22(4,5)20-9-7-6-8-10-20/h6-13,18H,14-15H2,1-5H3,(H,23,24). The zero-order valence-corrected chi connectivity index (χ0v) is 15.5. The number of rotatable bonds is 6. The summed E-state index contributed by atoms with van der Waals surface area (Å²) in [6, 6.07) is 16.9. The fourth-order valence-corrected chi connectivity index (χ4v) is 3.37. The highest BCUT2D eigenvalue weighted by Crippen LogP contribution is 2.28. The lowest BCUT2D eigenvalue weighted by Crippen LogP contribution is -2.38. The molecule has 0 aliphatic rings. The minimum atomic E-state index is 0.0354. The van der Waals surface area contributed by atoms with Crippen molar-refractivity contribution in [2.75, 3.05) is 0 Å². The van der Waals surface area contributed by atoms with Gasteiger partial charge in [-0.3, -0.25) is 4.79 Å². The number of amides is 1. The van der Waals surface area contributed by atoms with Crippen LogP contribution in [0.3, 0.4) is 0 Å². The molecule has 2 aromatic rings. The topological polar surface area (TPSA) is 29.1 Å². The van der Waals surface area contributed by atoms with Crippen LogP contribution in [0.15, 0.2) is 48.5 Å². The zero-order chi connectivity index (χ0) is 17.7. The fraction of sp³-hybridized carbons (Fsp3) is 0.409. The van der Waals surface area contributed by atoms with Crippen LogP contribution in [0.4, 0.5) is 0 Å². The molecule has 0 aliphatic carbocycles. The largest absolute Gasteiger partial charge is 0.353 e. The number of carbonyl (C=O) groups excluding carboxylic acids is 1. The van der Waals surface area contributed by atoms with Crippen LogP contribution in [-0.4, -0.2) is 11.9 Å². The van der Waals surface area contributed by atoms with Gasteiger partial charge in [-0.15, -0.1) is 0 Å². The maximum atomic E-state index is 12.4. The Bertz CT molecular complexity index is 688. The summed E-state index contributed by atoms with van der Waals surface area (Å²) < 4.78 is 0. The van der Waals surface area contributed by atoms with Crippen LogP contribution in [0.25, 0.3) is 0 Å². The molecule has 2 rings (SSSR count). The average Bonchev–Trinajstić information content (AvgIpc) is 2.50. The lowest BCUT2D eigenvalue weighted by Gasteiger charge is -2.29. The zero-order valence-electron chi connectivity index (χ0n) is 15.5. The van der Waals surface area contributed by atoms with Gasteiger partial charge < -0.3 is 5.32 Å². The van der Waals surface area contributed by atoms with E-state index in [1.165, 1.54) is 16.7 Å². The van der Waals surface area contributed by atoms with E-state index < -0.39 is 0 Å². The predicted molar refractivity (Wildman–Crippen MR) is 101 cm³/mol. The van der Waals surface area contributed by atoms with E-state index in [4.69, 9.17) is 0 Å². The highest BCUT2D eigenvalue weighted by molar-refractivity contribution is 5.79. The normalized spacial score (nSPS) is 12.7. The highest BCUT2D eigenvalue weighted by Gasteiger charge is 2.24. The van der Waals surface area contributed by atoms with E-state index in [-0.39, 0.29) is 17.4 Å². The Morgan fingerprint density at radius 2 is 1.75 bits per heavy atom. The Balaban J connectivity index is 1.94. The van der Waals surface area contributed by atoms with Gasteiger partial charge >= 0.3 is 0 Å². The molecule has 0 fully saturated rings. The van der Waals surface area contributed by atoms with Crippen LogP contribution in [0.1, 0.15) is 49.4 Å². The highest BCUT2D eigenvalue weighted by atomic mass is 16.1. The van der Waals surface area contributed by atoms with Crippen LogP contribution in [0, 0.1) is 13.8 Å². The Hall–Kier alpha value is -2.09. The van der Waals surface area contributed by atoms with Crippen molar-refractivity contribution in [3.8, 4) is 0 Å². The number of aryl methyl sites for hydroxylation is 2. The molecule has 0 bridgehead atoms. The van der Waals surface area contributed by atoms with E-state index in [2.05, 4.69) is 82.4 Å². The summed E-state index contributed by atoms with van der Waals surface area (Å²) in [4.78, 5) is 12.4. The quantitative estimate of drug-likeness (QED) is 0.819. The van der Waals surface area contributed by atoms with Crippen molar-refractivity contribution in [1.29, 1.82) is 0 Å².